The normalized spacial score (nSPS) is 16.4. The van der Waals surface area contributed by atoms with E-state index in [0.29, 0.717) is 17.8 Å². The molecule has 0 bridgehead atoms. The van der Waals surface area contributed by atoms with Gasteiger partial charge in [0.05, 0.1) is 11.8 Å². The maximum atomic E-state index is 12.4. The van der Waals surface area contributed by atoms with Crippen molar-refractivity contribution >= 4 is 11.4 Å². The number of piperazine rings is 1. The van der Waals surface area contributed by atoms with E-state index in [-0.39, 0.29) is 11.2 Å². The predicted octanol–water partition coefficient (Wildman–Crippen LogP) is 1.71. The molecule has 3 N–H and O–H groups in total. The Balaban J connectivity index is 1.51. The summed E-state index contributed by atoms with van der Waals surface area (Å²) < 4.78 is 1.43. The first kappa shape index (κ1) is 20.4. The Labute approximate surface area is 166 Å². The quantitative estimate of drug-likeness (QED) is 0.787. The van der Waals surface area contributed by atoms with Gasteiger partial charge in [-0.25, -0.2) is 4.68 Å². The average molecular weight is 386 g/mol. The van der Waals surface area contributed by atoms with Gasteiger partial charge in [-0.3, -0.25) is 9.69 Å². The van der Waals surface area contributed by atoms with Crippen molar-refractivity contribution in [2.24, 2.45) is 0 Å². The molecule has 1 fully saturated rings. The highest BCUT2D eigenvalue weighted by Crippen LogP contribution is 2.19. The van der Waals surface area contributed by atoms with Crippen molar-refractivity contribution in [2.45, 2.75) is 39.8 Å². The molecule has 1 saturated heterocycles. The molecule has 0 spiro atoms. The molecule has 0 saturated carbocycles. The number of benzene rings is 1. The van der Waals surface area contributed by atoms with Gasteiger partial charge in [0.2, 0.25) is 0 Å². The molecule has 1 unspecified atom stereocenters. The van der Waals surface area contributed by atoms with E-state index in [1.807, 2.05) is 0 Å². The monoisotopic (exact) mass is 385 g/mol. The van der Waals surface area contributed by atoms with Crippen molar-refractivity contribution in [1.29, 1.82) is 0 Å². The molecule has 1 atom stereocenters. The first-order valence-corrected chi connectivity index (χ1v) is 9.96. The topological polar surface area (TPSA) is 87.6 Å². The molecular weight excluding hydrogens is 354 g/mol. The third-order valence-electron chi connectivity index (χ3n) is 5.45. The van der Waals surface area contributed by atoms with Crippen molar-refractivity contribution in [1.82, 2.24) is 14.7 Å². The van der Waals surface area contributed by atoms with Gasteiger partial charge in [0.15, 0.2) is 0 Å². The Hall–Kier alpha value is -2.38. The Morgan fingerprint density at radius 2 is 1.75 bits per heavy atom. The lowest BCUT2D eigenvalue weighted by Gasteiger charge is -2.36. The molecule has 0 radical (unpaired) electrons. The Morgan fingerprint density at radius 3 is 2.36 bits per heavy atom. The summed E-state index contributed by atoms with van der Waals surface area (Å²) >= 11 is 0. The van der Waals surface area contributed by atoms with E-state index in [1.54, 1.807) is 13.8 Å². The number of rotatable bonds is 6. The van der Waals surface area contributed by atoms with Gasteiger partial charge in [0, 0.05) is 50.5 Å². The second kappa shape index (κ2) is 8.75. The second-order valence-corrected chi connectivity index (χ2v) is 7.63. The standard InChI is InChI=1S/C21H31N5O2/c1-15-5-7-18(8-6-15)25-13-11-24(12-14-25)9-4-10-26-21(28)20(22)19(17(3)27)16(2)23-26/h5-8,17,27H,4,9-14,22H2,1-3H3. The summed E-state index contributed by atoms with van der Waals surface area (Å²) in [5.41, 5.74) is 9.33. The molecule has 0 aliphatic carbocycles. The summed E-state index contributed by atoms with van der Waals surface area (Å²) in [5.74, 6) is 0. The van der Waals surface area contributed by atoms with Gasteiger partial charge in [-0.2, -0.15) is 5.10 Å². The molecule has 0 amide bonds. The largest absolute Gasteiger partial charge is 0.394 e. The second-order valence-electron chi connectivity index (χ2n) is 7.63. The van der Waals surface area contributed by atoms with Crippen LogP contribution in [0.2, 0.25) is 0 Å². The highest BCUT2D eigenvalue weighted by atomic mass is 16.3. The summed E-state index contributed by atoms with van der Waals surface area (Å²) in [6.45, 7) is 11.0. The van der Waals surface area contributed by atoms with E-state index in [4.69, 9.17) is 5.73 Å². The summed E-state index contributed by atoms with van der Waals surface area (Å²) in [6, 6.07) is 8.69. The third kappa shape index (κ3) is 4.54. The lowest BCUT2D eigenvalue weighted by atomic mass is 10.1. The fourth-order valence-electron chi connectivity index (χ4n) is 3.84. The van der Waals surface area contributed by atoms with Gasteiger partial charge in [-0.05, 0) is 39.3 Å². The van der Waals surface area contributed by atoms with Crippen LogP contribution in [0.4, 0.5) is 11.4 Å². The predicted molar refractivity (Wildman–Crippen MR) is 113 cm³/mol. The Bertz CT molecular complexity index is 852. The van der Waals surface area contributed by atoms with Crippen LogP contribution in [0, 0.1) is 13.8 Å². The molecule has 1 aliphatic heterocycles. The first-order chi connectivity index (χ1) is 13.4. The number of aliphatic hydroxyl groups excluding tert-OH is 1. The van der Waals surface area contributed by atoms with Crippen molar-refractivity contribution < 1.29 is 5.11 Å². The minimum Gasteiger partial charge on any atom is -0.394 e. The Morgan fingerprint density at radius 1 is 1.11 bits per heavy atom. The summed E-state index contributed by atoms with van der Waals surface area (Å²) in [4.78, 5) is 17.2. The van der Waals surface area contributed by atoms with E-state index in [1.165, 1.54) is 15.9 Å². The van der Waals surface area contributed by atoms with E-state index in [2.05, 4.69) is 46.1 Å². The van der Waals surface area contributed by atoms with Crippen LogP contribution in [-0.2, 0) is 6.54 Å². The van der Waals surface area contributed by atoms with Gasteiger partial charge in [-0.15, -0.1) is 0 Å². The third-order valence-corrected chi connectivity index (χ3v) is 5.45. The fraction of sp³-hybridized carbons (Fsp3) is 0.524. The number of hydrogen-bond acceptors (Lipinski definition) is 6. The zero-order valence-electron chi connectivity index (χ0n) is 17.1. The number of aryl methyl sites for hydroxylation is 3. The van der Waals surface area contributed by atoms with Gasteiger partial charge in [-0.1, -0.05) is 17.7 Å². The van der Waals surface area contributed by atoms with Crippen molar-refractivity contribution in [3.63, 3.8) is 0 Å². The highest BCUT2D eigenvalue weighted by molar-refractivity contribution is 5.48. The van der Waals surface area contributed by atoms with Crippen LogP contribution >= 0.6 is 0 Å². The van der Waals surface area contributed by atoms with E-state index >= 15 is 0 Å². The number of hydrogen-bond donors (Lipinski definition) is 2. The maximum absolute atomic E-state index is 12.4. The average Bonchev–Trinajstić information content (AvgIpc) is 2.66. The van der Waals surface area contributed by atoms with Crippen LogP contribution in [0.1, 0.15) is 36.3 Å². The summed E-state index contributed by atoms with van der Waals surface area (Å²) in [5, 5.41) is 14.1. The number of nitrogens with zero attached hydrogens (tertiary/aromatic N) is 4. The van der Waals surface area contributed by atoms with Crippen LogP contribution in [-0.4, -0.2) is 52.5 Å². The van der Waals surface area contributed by atoms with E-state index in [0.717, 1.165) is 39.1 Å². The SMILES string of the molecule is Cc1ccc(N2CCN(CCCn3nc(C)c(C(C)O)c(N)c3=O)CC2)cc1. The molecule has 2 aromatic rings. The van der Waals surface area contributed by atoms with Crippen molar-refractivity contribution in [3.8, 4) is 0 Å². The summed E-state index contributed by atoms with van der Waals surface area (Å²) in [7, 11) is 0. The minimum atomic E-state index is -0.792. The smallest absolute Gasteiger partial charge is 0.290 e. The molecule has 1 aromatic carbocycles. The van der Waals surface area contributed by atoms with Gasteiger partial charge in [0.1, 0.15) is 5.69 Å². The van der Waals surface area contributed by atoms with E-state index < -0.39 is 6.10 Å². The van der Waals surface area contributed by atoms with Gasteiger partial charge < -0.3 is 15.7 Å². The fourth-order valence-corrected chi connectivity index (χ4v) is 3.84. The molecule has 1 aromatic heterocycles. The first-order valence-electron chi connectivity index (χ1n) is 9.96. The number of nitrogens with two attached hydrogens (primary N) is 1. The van der Waals surface area contributed by atoms with Gasteiger partial charge in [0.25, 0.3) is 5.56 Å². The minimum absolute atomic E-state index is 0.106. The number of anilines is 2. The van der Waals surface area contributed by atoms with Crippen LogP contribution in [0.25, 0.3) is 0 Å². The molecule has 7 heteroatoms. The highest BCUT2D eigenvalue weighted by Gasteiger charge is 2.18. The number of nitrogen functional groups attached to an aromatic ring is 1. The van der Waals surface area contributed by atoms with Crippen molar-refractivity contribution in [2.75, 3.05) is 43.4 Å². The molecule has 3 rings (SSSR count). The van der Waals surface area contributed by atoms with Crippen LogP contribution in [0.15, 0.2) is 29.1 Å². The molecule has 28 heavy (non-hydrogen) atoms. The molecule has 152 valence electrons. The number of aromatic nitrogens is 2. The van der Waals surface area contributed by atoms with E-state index in [9.17, 15) is 9.90 Å². The molecule has 1 aliphatic rings. The number of aliphatic hydroxyl groups is 1. The Kier molecular flexibility index (Phi) is 6.36. The molecular formula is C21H31N5O2. The van der Waals surface area contributed by atoms with Crippen LogP contribution < -0.4 is 16.2 Å². The maximum Gasteiger partial charge on any atom is 0.290 e. The van der Waals surface area contributed by atoms with Gasteiger partial charge >= 0.3 is 0 Å². The lowest BCUT2D eigenvalue weighted by Crippen LogP contribution is -2.46. The zero-order valence-corrected chi connectivity index (χ0v) is 17.1. The van der Waals surface area contributed by atoms with Crippen LogP contribution in [0.3, 0.4) is 0 Å². The molecule has 7 nitrogen and oxygen atoms in total. The summed E-state index contributed by atoms with van der Waals surface area (Å²) in [6.07, 6.45) is 0.0457. The molecule has 2 heterocycles. The van der Waals surface area contributed by atoms with Crippen molar-refractivity contribution in [3.05, 3.63) is 51.4 Å². The zero-order chi connectivity index (χ0) is 20.3. The lowest BCUT2D eigenvalue weighted by molar-refractivity contribution is 0.198. The van der Waals surface area contributed by atoms with Crippen LogP contribution in [0.5, 0.6) is 0 Å².